The summed E-state index contributed by atoms with van der Waals surface area (Å²) in [5.74, 6) is 0.790. The number of methoxy groups -OCH3 is 1. The lowest BCUT2D eigenvalue weighted by molar-refractivity contribution is 0.390. The summed E-state index contributed by atoms with van der Waals surface area (Å²) in [5.41, 5.74) is 3.34. The third kappa shape index (κ3) is 4.17. The second-order valence-corrected chi connectivity index (χ2v) is 6.86. The molecule has 1 aliphatic heterocycles. The average Bonchev–Trinajstić information content (AvgIpc) is 2.64. The minimum atomic E-state index is 0.729. The number of piperazine rings is 1. The molecule has 1 fully saturated rings. The highest BCUT2D eigenvalue weighted by Crippen LogP contribution is 2.26. The van der Waals surface area contributed by atoms with E-state index in [4.69, 9.17) is 28.6 Å². The molecule has 2 aromatic rings. The van der Waals surface area contributed by atoms with Gasteiger partial charge in [-0.25, -0.2) is 0 Å². The van der Waals surface area contributed by atoms with E-state index < -0.39 is 0 Å². The van der Waals surface area contributed by atoms with Gasteiger partial charge in [-0.1, -0.05) is 29.8 Å². The predicted octanol–water partition coefficient (Wildman–Crippen LogP) is 4.18. The number of ether oxygens (including phenoxy) is 1. The first-order chi connectivity index (χ1) is 12.1. The van der Waals surface area contributed by atoms with Gasteiger partial charge in [0.25, 0.3) is 0 Å². The number of nitrogens with zero attached hydrogens (tertiary/aromatic N) is 2. The number of hydrogen-bond acceptors (Lipinski definition) is 3. The fourth-order valence-corrected chi connectivity index (χ4v) is 3.47. The average molecular weight is 376 g/mol. The van der Waals surface area contributed by atoms with Crippen LogP contribution >= 0.6 is 23.8 Å². The number of benzene rings is 2. The highest BCUT2D eigenvalue weighted by atomic mass is 35.5. The van der Waals surface area contributed by atoms with Gasteiger partial charge in [-0.05, 0) is 49.0 Å². The molecule has 0 spiro atoms. The minimum absolute atomic E-state index is 0.729. The molecule has 0 aliphatic carbocycles. The summed E-state index contributed by atoms with van der Waals surface area (Å²) in [6.07, 6.45) is 0. The number of para-hydroxylation sites is 2. The molecule has 1 aliphatic rings. The maximum absolute atomic E-state index is 6.15. The molecule has 0 radical (unpaired) electrons. The fourth-order valence-electron chi connectivity index (χ4n) is 3.02. The van der Waals surface area contributed by atoms with E-state index in [1.165, 1.54) is 11.3 Å². The van der Waals surface area contributed by atoms with E-state index in [0.29, 0.717) is 0 Å². The van der Waals surface area contributed by atoms with Crippen LogP contribution in [0.2, 0.25) is 5.02 Å². The molecule has 2 aromatic carbocycles. The topological polar surface area (TPSA) is 27.7 Å². The van der Waals surface area contributed by atoms with Gasteiger partial charge in [0.1, 0.15) is 5.75 Å². The molecule has 25 heavy (non-hydrogen) atoms. The zero-order valence-corrected chi connectivity index (χ0v) is 16.0. The van der Waals surface area contributed by atoms with E-state index in [1.54, 1.807) is 7.11 Å². The number of hydrogen-bond donors (Lipinski definition) is 1. The first-order valence-electron chi connectivity index (χ1n) is 8.28. The molecule has 0 atom stereocenters. The van der Waals surface area contributed by atoms with E-state index in [0.717, 1.165) is 47.8 Å². The summed E-state index contributed by atoms with van der Waals surface area (Å²) in [7, 11) is 1.66. The standard InChI is InChI=1S/C19H22ClN3OS/c1-14-7-8-15(20)13-17(14)22-9-11-23(12-10-22)19(25)21-16-5-3-4-6-18(16)24-2/h3-8,13H,9-12H2,1-2H3,(H,21,25). The molecule has 0 bridgehead atoms. The summed E-state index contributed by atoms with van der Waals surface area (Å²) in [4.78, 5) is 4.56. The molecule has 0 amide bonds. The molecule has 6 heteroatoms. The molecule has 0 saturated carbocycles. The SMILES string of the molecule is COc1ccccc1NC(=S)N1CCN(c2cc(Cl)ccc2C)CC1. The van der Waals surface area contributed by atoms with Crippen molar-refractivity contribution < 1.29 is 4.74 Å². The van der Waals surface area contributed by atoms with Crippen molar-refractivity contribution in [2.24, 2.45) is 0 Å². The third-order valence-corrected chi connectivity index (χ3v) is 5.02. The quantitative estimate of drug-likeness (QED) is 0.812. The number of nitrogens with one attached hydrogen (secondary N) is 1. The van der Waals surface area contributed by atoms with E-state index in [1.807, 2.05) is 36.4 Å². The smallest absolute Gasteiger partial charge is 0.173 e. The molecule has 1 N–H and O–H groups in total. The van der Waals surface area contributed by atoms with Crippen LogP contribution in [0, 0.1) is 6.92 Å². The Labute approximate surface area is 159 Å². The summed E-state index contributed by atoms with van der Waals surface area (Å²) in [6.45, 7) is 5.68. The van der Waals surface area contributed by atoms with Gasteiger partial charge in [0.15, 0.2) is 5.11 Å². The third-order valence-electron chi connectivity index (χ3n) is 4.43. The minimum Gasteiger partial charge on any atom is -0.495 e. The lowest BCUT2D eigenvalue weighted by Crippen LogP contribution is -2.50. The maximum Gasteiger partial charge on any atom is 0.173 e. The van der Waals surface area contributed by atoms with Gasteiger partial charge in [-0.2, -0.15) is 0 Å². The Balaban J connectivity index is 1.62. The van der Waals surface area contributed by atoms with Crippen molar-refractivity contribution in [2.45, 2.75) is 6.92 Å². The number of thiocarbonyl (C=S) groups is 1. The van der Waals surface area contributed by atoms with Crippen molar-refractivity contribution in [3.8, 4) is 5.75 Å². The molecule has 132 valence electrons. The Morgan fingerprint density at radius 3 is 2.56 bits per heavy atom. The van der Waals surface area contributed by atoms with E-state index in [9.17, 15) is 0 Å². The Bertz CT molecular complexity index is 760. The van der Waals surface area contributed by atoms with E-state index in [-0.39, 0.29) is 0 Å². The molecule has 0 aromatic heterocycles. The first-order valence-corrected chi connectivity index (χ1v) is 9.07. The van der Waals surface area contributed by atoms with Gasteiger partial charge < -0.3 is 19.9 Å². The first kappa shape index (κ1) is 17.8. The Kier molecular flexibility index (Phi) is 5.66. The molecule has 1 heterocycles. The summed E-state index contributed by atoms with van der Waals surface area (Å²) in [5, 5.41) is 4.80. The highest BCUT2D eigenvalue weighted by Gasteiger charge is 2.21. The number of rotatable bonds is 3. The van der Waals surface area contributed by atoms with Gasteiger partial charge in [0.2, 0.25) is 0 Å². The van der Waals surface area contributed by atoms with Crippen LogP contribution in [0.1, 0.15) is 5.56 Å². The summed E-state index contributed by atoms with van der Waals surface area (Å²) in [6, 6.07) is 13.8. The van der Waals surface area contributed by atoms with Crippen molar-refractivity contribution in [3.63, 3.8) is 0 Å². The van der Waals surface area contributed by atoms with Crippen molar-refractivity contribution in [1.29, 1.82) is 0 Å². The van der Waals surface area contributed by atoms with Crippen LogP contribution in [0.3, 0.4) is 0 Å². The van der Waals surface area contributed by atoms with E-state index in [2.05, 4.69) is 28.1 Å². The van der Waals surface area contributed by atoms with Crippen LogP contribution in [0.5, 0.6) is 5.75 Å². The molecule has 0 unspecified atom stereocenters. The molecule has 4 nitrogen and oxygen atoms in total. The van der Waals surface area contributed by atoms with E-state index >= 15 is 0 Å². The number of aryl methyl sites for hydroxylation is 1. The van der Waals surface area contributed by atoms with Crippen molar-refractivity contribution in [2.75, 3.05) is 43.5 Å². The second-order valence-electron chi connectivity index (χ2n) is 6.04. The van der Waals surface area contributed by atoms with Crippen LogP contribution in [0.15, 0.2) is 42.5 Å². The maximum atomic E-state index is 6.15. The van der Waals surface area contributed by atoms with Crippen LogP contribution in [-0.4, -0.2) is 43.3 Å². The van der Waals surface area contributed by atoms with Crippen LogP contribution in [0.4, 0.5) is 11.4 Å². The summed E-state index contributed by atoms with van der Waals surface area (Å²) >= 11 is 11.7. The zero-order valence-electron chi connectivity index (χ0n) is 14.5. The molecular weight excluding hydrogens is 354 g/mol. The summed E-state index contributed by atoms with van der Waals surface area (Å²) < 4.78 is 5.37. The highest BCUT2D eigenvalue weighted by molar-refractivity contribution is 7.80. The molecular formula is C19H22ClN3OS. The fraction of sp³-hybridized carbons (Fsp3) is 0.316. The van der Waals surface area contributed by atoms with Crippen molar-refractivity contribution in [1.82, 2.24) is 4.90 Å². The normalized spacial score (nSPS) is 14.4. The van der Waals surface area contributed by atoms with Gasteiger partial charge in [0, 0.05) is 36.9 Å². The zero-order chi connectivity index (χ0) is 17.8. The monoisotopic (exact) mass is 375 g/mol. The number of halogens is 1. The largest absolute Gasteiger partial charge is 0.495 e. The van der Waals surface area contributed by atoms with Gasteiger partial charge in [-0.3, -0.25) is 0 Å². The Hall–Kier alpha value is -1.98. The predicted molar refractivity (Wildman–Crippen MR) is 109 cm³/mol. The Morgan fingerprint density at radius 2 is 1.84 bits per heavy atom. The molecule has 1 saturated heterocycles. The van der Waals surface area contributed by atoms with Gasteiger partial charge >= 0.3 is 0 Å². The van der Waals surface area contributed by atoms with Gasteiger partial charge in [0.05, 0.1) is 12.8 Å². The Morgan fingerprint density at radius 1 is 1.12 bits per heavy atom. The lowest BCUT2D eigenvalue weighted by Gasteiger charge is -2.38. The number of anilines is 2. The second kappa shape index (κ2) is 7.93. The van der Waals surface area contributed by atoms with Gasteiger partial charge in [-0.15, -0.1) is 0 Å². The van der Waals surface area contributed by atoms with Crippen LogP contribution in [-0.2, 0) is 0 Å². The lowest BCUT2D eigenvalue weighted by atomic mass is 10.1. The molecule has 3 rings (SSSR count). The van der Waals surface area contributed by atoms with Crippen molar-refractivity contribution in [3.05, 3.63) is 53.1 Å². The van der Waals surface area contributed by atoms with Crippen molar-refractivity contribution >= 4 is 40.3 Å². The van der Waals surface area contributed by atoms with Crippen LogP contribution < -0.4 is 15.0 Å². The van der Waals surface area contributed by atoms with Crippen LogP contribution in [0.25, 0.3) is 0 Å².